The molecule has 160 valence electrons. The first-order valence-corrected chi connectivity index (χ1v) is 9.62. The SMILES string of the molecule is CCCOc1ccc(NC(=O)NC(=O)COC(=O)c2ccccn2)cc1OCCC. The molecule has 2 N–H and O–H groups in total. The number of esters is 1. The van der Waals surface area contributed by atoms with E-state index in [1.54, 1.807) is 30.3 Å². The summed E-state index contributed by atoms with van der Waals surface area (Å²) in [4.78, 5) is 39.5. The van der Waals surface area contributed by atoms with Crippen LogP contribution in [-0.4, -0.2) is 42.7 Å². The maximum absolute atomic E-state index is 12.1. The fourth-order valence-corrected chi connectivity index (χ4v) is 2.26. The first-order valence-electron chi connectivity index (χ1n) is 9.62. The highest BCUT2D eigenvalue weighted by atomic mass is 16.5. The Morgan fingerprint density at radius 1 is 0.967 bits per heavy atom. The van der Waals surface area contributed by atoms with Gasteiger partial charge in [0.1, 0.15) is 5.69 Å². The Balaban J connectivity index is 1.88. The van der Waals surface area contributed by atoms with E-state index >= 15 is 0 Å². The molecule has 0 bridgehead atoms. The molecule has 0 unspecified atom stereocenters. The van der Waals surface area contributed by atoms with Crippen LogP contribution in [-0.2, 0) is 9.53 Å². The van der Waals surface area contributed by atoms with Gasteiger partial charge < -0.3 is 19.5 Å². The molecule has 1 aromatic carbocycles. The molecular formula is C21H25N3O6. The second-order valence-electron chi connectivity index (χ2n) is 6.15. The number of hydrogen-bond donors (Lipinski definition) is 2. The minimum absolute atomic E-state index is 0.0692. The van der Waals surface area contributed by atoms with E-state index in [0.717, 1.165) is 12.8 Å². The number of pyridine rings is 1. The van der Waals surface area contributed by atoms with Gasteiger partial charge in [-0.15, -0.1) is 0 Å². The third-order valence-corrected chi connectivity index (χ3v) is 3.59. The van der Waals surface area contributed by atoms with Gasteiger partial charge >= 0.3 is 12.0 Å². The smallest absolute Gasteiger partial charge is 0.357 e. The number of benzene rings is 1. The van der Waals surface area contributed by atoms with E-state index in [1.165, 1.54) is 12.3 Å². The molecule has 0 spiro atoms. The zero-order chi connectivity index (χ0) is 21.8. The van der Waals surface area contributed by atoms with Crippen LogP contribution in [0.25, 0.3) is 0 Å². The predicted octanol–water partition coefficient (Wildman–Crippen LogP) is 3.16. The summed E-state index contributed by atoms with van der Waals surface area (Å²) in [6.45, 7) is 4.41. The van der Waals surface area contributed by atoms with Gasteiger partial charge in [0.15, 0.2) is 18.1 Å². The van der Waals surface area contributed by atoms with Crippen molar-refractivity contribution < 1.29 is 28.6 Å². The van der Waals surface area contributed by atoms with Crippen molar-refractivity contribution in [1.82, 2.24) is 10.3 Å². The van der Waals surface area contributed by atoms with Gasteiger partial charge in [-0.3, -0.25) is 10.1 Å². The van der Waals surface area contributed by atoms with E-state index in [9.17, 15) is 14.4 Å². The number of imide groups is 1. The summed E-state index contributed by atoms with van der Waals surface area (Å²) >= 11 is 0. The zero-order valence-electron chi connectivity index (χ0n) is 17.0. The Bertz CT molecular complexity index is 857. The minimum Gasteiger partial charge on any atom is -0.490 e. The molecule has 2 aromatic rings. The standard InChI is InChI=1S/C21H25N3O6/c1-3-11-28-17-9-8-15(13-18(17)29-12-4-2)23-21(27)24-19(25)14-30-20(26)16-7-5-6-10-22-16/h5-10,13H,3-4,11-12,14H2,1-2H3,(H2,23,24,25,27). The summed E-state index contributed by atoms with van der Waals surface area (Å²) in [5, 5.41) is 4.62. The van der Waals surface area contributed by atoms with Crippen molar-refractivity contribution in [2.75, 3.05) is 25.1 Å². The summed E-state index contributed by atoms with van der Waals surface area (Å²) in [7, 11) is 0. The van der Waals surface area contributed by atoms with Crippen LogP contribution >= 0.6 is 0 Å². The van der Waals surface area contributed by atoms with Gasteiger partial charge in [0.05, 0.1) is 13.2 Å². The second kappa shape index (κ2) is 12.1. The Kier molecular flexibility index (Phi) is 9.11. The van der Waals surface area contributed by atoms with Gasteiger partial charge in [-0.1, -0.05) is 19.9 Å². The number of ether oxygens (including phenoxy) is 3. The third-order valence-electron chi connectivity index (χ3n) is 3.59. The van der Waals surface area contributed by atoms with E-state index < -0.39 is 24.5 Å². The normalized spacial score (nSPS) is 10.1. The highest BCUT2D eigenvalue weighted by Gasteiger charge is 2.14. The van der Waals surface area contributed by atoms with Crippen molar-refractivity contribution in [2.45, 2.75) is 26.7 Å². The number of nitrogens with one attached hydrogen (secondary N) is 2. The topological polar surface area (TPSA) is 116 Å². The molecule has 30 heavy (non-hydrogen) atoms. The number of carbonyl (C=O) groups is 3. The number of aromatic nitrogens is 1. The lowest BCUT2D eigenvalue weighted by molar-refractivity contribution is -0.123. The zero-order valence-corrected chi connectivity index (χ0v) is 17.0. The van der Waals surface area contributed by atoms with Crippen molar-refractivity contribution in [1.29, 1.82) is 0 Å². The molecule has 0 saturated heterocycles. The highest BCUT2D eigenvalue weighted by Crippen LogP contribution is 2.30. The van der Waals surface area contributed by atoms with Crippen LogP contribution in [0.5, 0.6) is 11.5 Å². The van der Waals surface area contributed by atoms with Gasteiger partial charge in [-0.25, -0.2) is 14.6 Å². The number of amides is 3. The van der Waals surface area contributed by atoms with Crippen LogP contribution in [0.4, 0.5) is 10.5 Å². The molecule has 9 heteroatoms. The van der Waals surface area contributed by atoms with Gasteiger partial charge in [-0.05, 0) is 37.1 Å². The number of urea groups is 1. The molecule has 3 amide bonds. The lowest BCUT2D eigenvalue weighted by Gasteiger charge is -2.14. The van der Waals surface area contributed by atoms with Crippen LogP contribution in [0.3, 0.4) is 0 Å². The highest BCUT2D eigenvalue weighted by molar-refractivity contribution is 6.02. The van der Waals surface area contributed by atoms with Gasteiger partial charge in [0.2, 0.25) is 0 Å². The van der Waals surface area contributed by atoms with E-state index in [1.807, 2.05) is 13.8 Å². The Labute approximate surface area is 174 Å². The average molecular weight is 415 g/mol. The molecule has 0 radical (unpaired) electrons. The van der Waals surface area contributed by atoms with Gasteiger partial charge in [0, 0.05) is 18.0 Å². The van der Waals surface area contributed by atoms with E-state index in [2.05, 4.69) is 15.6 Å². The minimum atomic E-state index is -0.776. The summed E-state index contributed by atoms with van der Waals surface area (Å²) in [6.07, 6.45) is 3.10. The molecule has 0 atom stereocenters. The molecule has 1 aromatic heterocycles. The van der Waals surface area contributed by atoms with Gasteiger partial charge in [-0.2, -0.15) is 0 Å². The predicted molar refractivity (Wildman–Crippen MR) is 110 cm³/mol. The van der Waals surface area contributed by atoms with Crippen LogP contribution in [0.15, 0.2) is 42.6 Å². The summed E-state index contributed by atoms with van der Waals surface area (Å²) in [6, 6.07) is 8.90. The number of carbonyl (C=O) groups excluding carboxylic acids is 3. The summed E-state index contributed by atoms with van der Waals surface area (Å²) < 4.78 is 16.1. The van der Waals surface area contributed by atoms with Crippen molar-refractivity contribution in [3.8, 4) is 11.5 Å². The maximum Gasteiger partial charge on any atom is 0.357 e. The molecule has 0 aliphatic heterocycles. The number of anilines is 1. The third kappa shape index (κ3) is 7.42. The second-order valence-corrected chi connectivity index (χ2v) is 6.15. The monoisotopic (exact) mass is 415 g/mol. The molecular weight excluding hydrogens is 390 g/mol. The molecule has 0 fully saturated rings. The Morgan fingerprint density at radius 2 is 1.70 bits per heavy atom. The van der Waals surface area contributed by atoms with Crippen molar-refractivity contribution in [3.05, 3.63) is 48.3 Å². The van der Waals surface area contributed by atoms with Crippen LogP contribution in [0.1, 0.15) is 37.2 Å². The average Bonchev–Trinajstić information content (AvgIpc) is 2.75. The largest absolute Gasteiger partial charge is 0.490 e. The van der Waals surface area contributed by atoms with Crippen molar-refractivity contribution in [3.63, 3.8) is 0 Å². The Hall–Kier alpha value is -3.62. The molecule has 9 nitrogen and oxygen atoms in total. The summed E-state index contributed by atoms with van der Waals surface area (Å²) in [5.41, 5.74) is 0.487. The lowest BCUT2D eigenvalue weighted by Crippen LogP contribution is -2.37. The number of hydrogen-bond acceptors (Lipinski definition) is 7. The number of nitrogens with zero attached hydrogens (tertiary/aromatic N) is 1. The van der Waals surface area contributed by atoms with Crippen molar-refractivity contribution >= 4 is 23.6 Å². The van der Waals surface area contributed by atoms with E-state index in [0.29, 0.717) is 30.4 Å². The lowest BCUT2D eigenvalue weighted by atomic mass is 10.2. The quantitative estimate of drug-likeness (QED) is 0.573. The van der Waals surface area contributed by atoms with E-state index in [4.69, 9.17) is 14.2 Å². The molecule has 0 aliphatic carbocycles. The van der Waals surface area contributed by atoms with E-state index in [-0.39, 0.29) is 5.69 Å². The van der Waals surface area contributed by atoms with Crippen molar-refractivity contribution in [2.24, 2.45) is 0 Å². The molecule has 0 aliphatic rings. The van der Waals surface area contributed by atoms with Crippen LogP contribution < -0.4 is 20.1 Å². The first kappa shape index (κ1) is 22.7. The fraction of sp³-hybridized carbons (Fsp3) is 0.333. The summed E-state index contributed by atoms with van der Waals surface area (Å²) in [5.74, 6) is -0.457. The van der Waals surface area contributed by atoms with Gasteiger partial charge in [0.25, 0.3) is 5.91 Å². The molecule has 2 rings (SSSR count). The first-order chi connectivity index (χ1) is 14.5. The Morgan fingerprint density at radius 3 is 2.37 bits per heavy atom. The fourth-order valence-electron chi connectivity index (χ4n) is 2.26. The van der Waals surface area contributed by atoms with Crippen LogP contribution in [0.2, 0.25) is 0 Å². The molecule has 1 heterocycles. The van der Waals surface area contributed by atoms with Crippen LogP contribution in [0, 0.1) is 0 Å². The maximum atomic E-state index is 12.1. The number of rotatable bonds is 10. The molecule has 0 saturated carbocycles.